The number of hydrogen-bond donors (Lipinski definition) is 3. The molecule has 1 atom stereocenters. The van der Waals surface area contributed by atoms with Crippen molar-refractivity contribution in [2.75, 3.05) is 7.11 Å². The van der Waals surface area contributed by atoms with Crippen molar-refractivity contribution < 1.29 is 9.53 Å². The molecule has 0 radical (unpaired) electrons. The Morgan fingerprint density at radius 3 is 2.40 bits per heavy atom. The molecule has 3 aromatic carbocycles. The van der Waals surface area contributed by atoms with Gasteiger partial charge >= 0.3 is 6.03 Å². The molecule has 0 saturated heterocycles. The van der Waals surface area contributed by atoms with Crippen LogP contribution in [0.15, 0.2) is 85.1 Å². The van der Waals surface area contributed by atoms with Crippen LogP contribution in [0.3, 0.4) is 0 Å². The van der Waals surface area contributed by atoms with E-state index < -0.39 is 6.04 Å². The quantitative estimate of drug-likeness (QED) is 0.205. The van der Waals surface area contributed by atoms with Crippen LogP contribution in [-0.2, 0) is 25.8 Å². The Balaban J connectivity index is 1.51. The maximum Gasteiger partial charge on any atom is 0.315 e. The highest BCUT2D eigenvalue weighted by atomic mass is 16.5. The largest absolute Gasteiger partial charge is 0.497 e. The second kappa shape index (κ2) is 12.5. The molecular formula is C32H36N6O2. The Hall–Kier alpha value is -4.59. The van der Waals surface area contributed by atoms with Gasteiger partial charge in [-0.25, -0.2) is 4.79 Å². The summed E-state index contributed by atoms with van der Waals surface area (Å²) in [6, 6.07) is 26.0. The first-order valence-corrected chi connectivity index (χ1v) is 13.7. The van der Waals surface area contributed by atoms with Gasteiger partial charge in [-0.05, 0) is 55.2 Å². The SMILES string of the molecule is COc1ccc(Cn2c(CCc3ccccc3)nnc2C(Cc2c[nH]c3ccccc23)NC(=O)NC(C)C)cc1. The number of ether oxygens (including phenoxy) is 1. The van der Waals surface area contributed by atoms with E-state index in [-0.39, 0.29) is 12.1 Å². The van der Waals surface area contributed by atoms with Crippen molar-refractivity contribution in [3.63, 3.8) is 0 Å². The first kappa shape index (κ1) is 27.0. The average molecular weight is 537 g/mol. The summed E-state index contributed by atoms with van der Waals surface area (Å²) in [7, 11) is 1.66. The molecule has 0 spiro atoms. The number of nitrogens with one attached hydrogen (secondary N) is 3. The number of hydrogen-bond acceptors (Lipinski definition) is 4. The molecule has 0 fully saturated rings. The van der Waals surface area contributed by atoms with Crippen LogP contribution in [0.1, 0.15) is 48.2 Å². The standard InChI is InChI=1S/C32H36N6O2/c1-22(2)34-32(39)35-29(19-25-20-33-28-12-8-7-11-27(25)28)31-37-36-30(18-15-23-9-5-4-6-10-23)38(31)21-24-13-16-26(40-3)17-14-24/h4-14,16-17,20,22,29,33H,15,18-19,21H2,1-3H3,(H2,34,35,39). The van der Waals surface area contributed by atoms with Crippen LogP contribution in [0.4, 0.5) is 4.79 Å². The van der Waals surface area contributed by atoms with E-state index in [1.54, 1.807) is 7.11 Å². The van der Waals surface area contributed by atoms with Gasteiger partial charge in [0.15, 0.2) is 5.82 Å². The second-order valence-electron chi connectivity index (χ2n) is 10.3. The van der Waals surface area contributed by atoms with Gasteiger partial charge in [0.25, 0.3) is 0 Å². The van der Waals surface area contributed by atoms with E-state index in [1.165, 1.54) is 5.56 Å². The summed E-state index contributed by atoms with van der Waals surface area (Å²) in [6.07, 6.45) is 4.15. The van der Waals surface area contributed by atoms with Crippen molar-refractivity contribution in [3.8, 4) is 5.75 Å². The number of nitrogens with zero attached hydrogens (tertiary/aromatic N) is 3. The summed E-state index contributed by atoms with van der Waals surface area (Å²) in [6.45, 7) is 4.47. The lowest BCUT2D eigenvalue weighted by molar-refractivity contribution is 0.233. The van der Waals surface area contributed by atoms with E-state index in [1.807, 2.05) is 50.4 Å². The first-order chi connectivity index (χ1) is 19.5. The van der Waals surface area contributed by atoms with Gasteiger partial charge in [0.2, 0.25) is 0 Å². The van der Waals surface area contributed by atoms with Crippen LogP contribution in [0.5, 0.6) is 5.75 Å². The Morgan fingerprint density at radius 2 is 1.65 bits per heavy atom. The third-order valence-electron chi connectivity index (χ3n) is 6.97. The van der Waals surface area contributed by atoms with Crippen molar-refractivity contribution in [3.05, 3.63) is 113 Å². The van der Waals surface area contributed by atoms with Crippen LogP contribution in [0, 0.1) is 0 Å². The Labute approximate surface area is 234 Å². The highest BCUT2D eigenvalue weighted by molar-refractivity contribution is 5.83. The predicted octanol–water partition coefficient (Wildman–Crippen LogP) is 5.59. The van der Waals surface area contributed by atoms with Gasteiger partial charge in [0.05, 0.1) is 19.7 Å². The van der Waals surface area contributed by atoms with Crippen molar-refractivity contribution in [1.29, 1.82) is 0 Å². The van der Waals surface area contributed by atoms with Gasteiger partial charge in [-0.3, -0.25) is 0 Å². The molecule has 0 aliphatic heterocycles. The number of H-pyrrole nitrogens is 1. The van der Waals surface area contributed by atoms with Gasteiger partial charge in [0.1, 0.15) is 11.6 Å². The molecule has 0 aliphatic rings. The highest BCUT2D eigenvalue weighted by Gasteiger charge is 2.25. The van der Waals surface area contributed by atoms with Crippen molar-refractivity contribution in [2.45, 2.75) is 51.7 Å². The summed E-state index contributed by atoms with van der Waals surface area (Å²) < 4.78 is 7.51. The fraction of sp³-hybridized carbons (Fsp3) is 0.281. The molecular weight excluding hydrogens is 500 g/mol. The number of para-hydroxylation sites is 1. The Bertz CT molecular complexity index is 1540. The van der Waals surface area contributed by atoms with Crippen LogP contribution in [-0.4, -0.2) is 38.9 Å². The number of aryl methyl sites for hydroxylation is 2. The normalized spacial score (nSPS) is 12.0. The molecule has 8 heteroatoms. The molecule has 1 unspecified atom stereocenters. The van der Waals surface area contributed by atoms with E-state index in [4.69, 9.17) is 4.74 Å². The number of aromatic nitrogens is 4. The summed E-state index contributed by atoms with van der Waals surface area (Å²) in [4.78, 5) is 16.3. The minimum atomic E-state index is -0.394. The smallest absolute Gasteiger partial charge is 0.315 e. The van der Waals surface area contributed by atoms with Gasteiger partial charge in [0, 0.05) is 36.0 Å². The van der Waals surface area contributed by atoms with Crippen LogP contribution >= 0.6 is 0 Å². The predicted molar refractivity (Wildman–Crippen MR) is 158 cm³/mol. The number of carbonyl (C=O) groups is 1. The molecule has 5 rings (SSSR count). The Kier molecular flexibility index (Phi) is 8.44. The summed E-state index contributed by atoms with van der Waals surface area (Å²) in [5.74, 6) is 2.41. The third-order valence-corrected chi connectivity index (χ3v) is 6.97. The van der Waals surface area contributed by atoms with Crippen LogP contribution in [0.25, 0.3) is 10.9 Å². The number of amides is 2. The zero-order valence-corrected chi connectivity index (χ0v) is 23.2. The molecule has 2 aromatic heterocycles. The molecule has 40 heavy (non-hydrogen) atoms. The molecule has 2 amide bonds. The second-order valence-corrected chi connectivity index (χ2v) is 10.3. The number of benzene rings is 3. The lowest BCUT2D eigenvalue weighted by atomic mass is 10.0. The number of methoxy groups -OCH3 is 1. The minimum absolute atomic E-state index is 0.00680. The lowest BCUT2D eigenvalue weighted by Crippen LogP contribution is -2.42. The highest BCUT2D eigenvalue weighted by Crippen LogP contribution is 2.26. The Morgan fingerprint density at radius 1 is 0.900 bits per heavy atom. The fourth-order valence-electron chi connectivity index (χ4n) is 4.97. The topological polar surface area (TPSA) is 96.9 Å². The maximum absolute atomic E-state index is 13.0. The number of rotatable bonds is 11. The van der Waals surface area contributed by atoms with E-state index in [9.17, 15) is 4.79 Å². The number of aromatic amines is 1. The average Bonchev–Trinajstić information content (AvgIpc) is 3.56. The van der Waals surface area contributed by atoms with Crippen molar-refractivity contribution in [1.82, 2.24) is 30.4 Å². The summed E-state index contributed by atoms with van der Waals surface area (Å²) >= 11 is 0. The van der Waals surface area contributed by atoms with E-state index >= 15 is 0 Å². The van der Waals surface area contributed by atoms with Gasteiger partial charge in [-0.2, -0.15) is 0 Å². The van der Waals surface area contributed by atoms with Crippen molar-refractivity contribution in [2.24, 2.45) is 0 Å². The number of carbonyl (C=O) groups excluding carboxylic acids is 1. The van der Waals surface area contributed by atoms with E-state index in [0.717, 1.165) is 52.3 Å². The molecule has 8 nitrogen and oxygen atoms in total. The molecule has 5 aromatic rings. The molecule has 3 N–H and O–H groups in total. The lowest BCUT2D eigenvalue weighted by Gasteiger charge is -2.21. The maximum atomic E-state index is 13.0. The molecule has 2 heterocycles. The number of urea groups is 1. The van der Waals surface area contributed by atoms with Gasteiger partial charge < -0.3 is 24.9 Å². The molecule has 0 bridgehead atoms. The number of fused-ring (bicyclic) bond motifs is 1. The molecule has 0 aliphatic carbocycles. The zero-order chi connectivity index (χ0) is 27.9. The van der Waals surface area contributed by atoms with Crippen LogP contribution < -0.4 is 15.4 Å². The van der Waals surface area contributed by atoms with Crippen molar-refractivity contribution >= 4 is 16.9 Å². The first-order valence-electron chi connectivity index (χ1n) is 13.7. The van der Waals surface area contributed by atoms with Gasteiger partial charge in [-0.1, -0.05) is 60.7 Å². The van der Waals surface area contributed by atoms with Gasteiger partial charge in [-0.15, -0.1) is 10.2 Å². The van der Waals surface area contributed by atoms with E-state index in [0.29, 0.717) is 13.0 Å². The summed E-state index contributed by atoms with van der Waals surface area (Å²) in [5, 5.41) is 16.6. The minimum Gasteiger partial charge on any atom is -0.497 e. The monoisotopic (exact) mass is 536 g/mol. The third kappa shape index (κ3) is 6.51. The summed E-state index contributed by atoms with van der Waals surface area (Å²) in [5.41, 5.74) is 4.51. The zero-order valence-electron chi connectivity index (χ0n) is 23.2. The van der Waals surface area contributed by atoms with E-state index in [2.05, 4.69) is 78.9 Å². The fourth-order valence-corrected chi connectivity index (χ4v) is 4.97. The molecule has 206 valence electrons. The molecule has 0 saturated carbocycles. The van der Waals surface area contributed by atoms with Crippen LogP contribution in [0.2, 0.25) is 0 Å².